The average molecular weight is 475 g/mol. The molecule has 0 fully saturated rings. The van der Waals surface area contributed by atoms with Crippen molar-refractivity contribution < 1.29 is 28.5 Å². The Morgan fingerprint density at radius 2 is 1.62 bits per heavy atom. The fraction of sp³-hybridized carbons (Fsp3) is 0.167. The molecule has 1 unspecified atom stereocenters. The Kier molecular flexibility index (Phi) is 8.36. The summed E-state index contributed by atoms with van der Waals surface area (Å²) in [7, 11) is 0. The smallest absolute Gasteiger partial charge is 0.352 e. The molecule has 0 aliphatic heterocycles. The lowest BCUT2D eigenvalue weighted by atomic mass is 10.2. The van der Waals surface area contributed by atoms with E-state index in [1.807, 2.05) is 30.3 Å². The standard InChI is InChI=1S/C24H20Cl2O6/c1-16(31-22-11-10-18(25)15-21(22)26)23(27)32-20-9-5-6-17(14-20)24(28)30-13-12-29-19-7-3-2-4-8-19/h2-11,14-16H,12-13H2,1H3. The molecule has 6 nitrogen and oxygen atoms in total. The molecule has 3 aromatic rings. The van der Waals surface area contributed by atoms with E-state index in [0.717, 1.165) is 0 Å². The Labute approximate surface area is 195 Å². The van der Waals surface area contributed by atoms with Crippen molar-refractivity contribution in [3.8, 4) is 17.2 Å². The van der Waals surface area contributed by atoms with Gasteiger partial charge in [0.25, 0.3) is 0 Å². The molecule has 0 saturated carbocycles. The van der Waals surface area contributed by atoms with Crippen LogP contribution < -0.4 is 14.2 Å². The lowest BCUT2D eigenvalue weighted by molar-refractivity contribution is -0.141. The summed E-state index contributed by atoms with van der Waals surface area (Å²) in [5.41, 5.74) is 0.240. The van der Waals surface area contributed by atoms with Gasteiger partial charge in [0.05, 0.1) is 10.6 Å². The van der Waals surface area contributed by atoms with Crippen molar-refractivity contribution in [3.63, 3.8) is 0 Å². The highest BCUT2D eigenvalue weighted by atomic mass is 35.5. The van der Waals surface area contributed by atoms with Crippen LogP contribution in [-0.2, 0) is 9.53 Å². The molecule has 1 atom stereocenters. The molecule has 3 rings (SSSR count). The van der Waals surface area contributed by atoms with Crippen LogP contribution in [0.5, 0.6) is 17.2 Å². The topological polar surface area (TPSA) is 71.1 Å². The van der Waals surface area contributed by atoms with E-state index >= 15 is 0 Å². The number of hydrogen-bond donors (Lipinski definition) is 0. The van der Waals surface area contributed by atoms with Crippen molar-refractivity contribution in [2.45, 2.75) is 13.0 Å². The molecule has 3 aromatic carbocycles. The highest BCUT2D eigenvalue weighted by molar-refractivity contribution is 6.35. The first kappa shape index (κ1) is 23.4. The zero-order chi connectivity index (χ0) is 22.9. The largest absolute Gasteiger partial charge is 0.490 e. The molecule has 8 heteroatoms. The number of benzene rings is 3. The quantitative estimate of drug-likeness (QED) is 0.228. The van der Waals surface area contributed by atoms with Crippen LogP contribution in [0.25, 0.3) is 0 Å². The maximum absolute atomic E-state index is 12.4. The van der Waals surface area contributed by atoms with Gasteiger partial charge in [-0.15, -0.1) is 0 Å². The molecule has 166 valence electrons. The second-order valence-corrected chi connectivity index (χ2v) is 7.42. The zero-order valence-electron chi connectivity index (χ0n) is 17.1. The number of halogens is 2. The minimum absolute atomic E-state index is 0.0739. The Bertz CT molecular complexity index is 1070. The molecule has 32 heavy (non-hydrogen) atoms. The molecule has 0 saturated heterocycles. The lowest BCUT2D eigenvalue weighted by Gasteiger charge is -2.15. The van der Waals surface area contributed by atoms with Gasteiger partial charge in [0.2, 0.25) is 0 Å². The second-order valence-electron chi connectivity index (χ2n) is 6.58. The van der Waals surface area contributed by atoms with E-state index in [-0.39, 0.29) is 29.5 Å². The SMILES string of the molecule is CC(Oc1ccc(Cl)cc1Cl)C(=O)Oc1cccc(C(=O)OCCOc2ccccc2)c1. The third kappa shape index (κ3) is 6.90. The molecule has 0 aromatic heterocycles. The Balaban J connectivity index is 1.50. The fourth-order valence-corrected chi connectivity index (χ4v) is 3.04. The number of hydrogen-bond acceptors (Lipinski definition) is 6. The summed E-state index contributed by atoms with van der Waals surface area (Å²) in [4.78, 5) is 24.6. The molecule has 0 bridgehead atoms. The minimum atomic E-state index is -0.945. The molecule has 0 radical (unpaired) electrons. The van der Waals surface area contributed by atoms with Gasteiger partial charge in [-0.1, -0.05) is 47.5 Å². The molecular weight excluding hydrogens is 455 g/mol. The summed E-state index contributed by atoms with van der Waals surface area (Å²) < 4.78 is 21.5. The van der Waals surface area contributed by atoms with Crippen LogP contribution >= 0.6 is 23.2 Å². The van der Waals surface area contributed by atoms with Gasteiger partial charge in [-0.25, -0.2) is 9.59 Å². The number of carbonyl (C=O) groups excluding carboxylic acids is 2. The molecular formula is C24H20Cl2O6. The van der Waals surface area contributed by atoms with Gasteiger partial charge in [0, 0.05) is 5.02 Å². The third-order valence-electron chi connectivity index (χ3n) is 4.15. The maximum atomic E-state index is 12.4. The van der Waals surface area contributed by atoms with Crippen molar-refractivity contribution in [1.29, 1.82) is 0 Å². The van der Waals surface area contributed by atoms with Crippen molar-refractivity contribution >= 4 is 35.1 Å². The predicted molar refractivity (Wildman–Crippen MR) is 121 cm³/mol. The van der Waals surface area contributed by atoms with Crippen molar-refractivity contribution in [2.24, 2.45) is 0 Å². The molecule has 0 heterocycles. The fourth-order valence-electron chi connectivity index (χ4n) is 2.59. The van der Waals surface area contributed by atoms with Gasteiger partial charge in [-0.3, -0.25) is 0 Å². The Morgan fingerprint density at radius 3 is 2.38 bits per heavy atom. The van der Waals surface area contributed by atoms with Crippen molar-refractivity contribution in [1.82, 2.24) is 0 Å². The molecule has 0 amide bonds. The Hall–Kier alpha value is -3.22. The van der Waals surface area contributed by atoms with Crippen LogP contribution in [0.15, 0.2) is 72.8 Å². The van der Waals surface area contributed by atoms with Gasteiger partial charge in [-0.2, -0.15) is 0 Å². The number of ether oxygens (including phenoxy) is 4. The predicted octanol–water partition coefficient (Wildman–Crippen LogP) is 5.60. The third-order valence-corrected chi connectivity index (χ3v) is 4.68. The number of rotatable bonds is 9. The molecule has 0 N–H and O–H groups in total. The number of para-hydroxylation sites is 1. The zero-order valence-corrected chi connectivity index (χ0v) is 18.6. The summed E-state index contributed by atoms with van der Waals surface area (Å²) in [5.74, 6) is -0.0403. The van der Waals surface area contributed by atoms with E-state index < -0.39 is 18.0 Å². The summed E-state index contributed by atoms with van der Waals surface area (Å²) in [5, 5.41) is 0.728. The van der Waals surface area contributed by atoms with E-state index in [1.54, 1.807) is 30.3 Å². The van der Waals surface area contributed by atoms with Crippen LogP contribution in [0, 0.1) is 0 Å². The van der Waals surface area contributed by atoms with Gasteiger partial charge >= 0.3 is 11.9 Å². The van der Waals surface area contributed by atoms with Crippen LogP contribution in [0.3, 0.4) is 0 Å². The summed E-state index contributed by atoms with van der Waals surface area (Å²) in [6, 6.07) is 20.0. The average Bonchev–Trinajstić information content (AvgIpc) is 2.79. The van der Waals surface area contributed by atoms with Gasteiger partial charge in [-0.05, 0) is 55.5 Å². The monoisotopic (exact) mass is 474 g/mol. The molecule has 0 spiro atoms. The van der Waals surface area contributed by atoms with E-state index in [1.165, 1.54) is 19.1 Å². The first-order valence-electron chi connectivity index (χ1n) is 9.71. The van der Waals surface area contributed by atoms with Crippen LogP contribution in [0.4, 0.5) is 0 Å². The van der Waals surface area contributed by atoms with Crippen molar-refractivity contribution in [2.75, 3.05) is 13.2 Å². The molecule has 0 aliphatic rings. The normalized spacial score (nSPS) is 11.3. The summed E-state index contributed by atoms with van der Waals surface area (Å²) in [6.07, 6.45) is -0.945. The second kappa shape index (κ2) is 11.4. The van der Waals surface area contributed by atoms with E-state index in [2.05, 4.69) is 0 Å². The summed E-state index contributed by atoms with van der Waals surface area (Å²) in [6.45, 7) is 1.81. The van der Waals surface area contributed by atoms with Gasteiger partial charge in [0.15, 0.2) is 6.10 Å². The van der Waals surface area contributed by atoms with Crippen LogP contribution in [0.1, 0.15) is 17.3 Å². The van der Waals surface area contributed by atoms with Crippen molar-refractivity contribution in [3.05, 3.63) is 88.4 Å². The van der Waals surface area contributed by atoms with Crippen LogP contribution in [-0.4, -0.2) is 31.3 Å². The number of esters is 2. The maximum Gasteiger partial charge on any atom is 0.352 e. The molecule has 0 aliphatic carbocycles. The highest BCUT2D eigenvalue weighted by Gasteiger charge is 2.19. The Morgan fingerprint density at radius 1 is 0.875 bits per heavy atom. The van der Waals surface area contributed by atoms with Gasteiger partial charge < -0.3 is 18.9 Å². The minimum Gasteiger partial charge on any atom is -0.490 e. The lowest BCUT2D eigenvalue weighted by Crippen LogP contribution is -2.28. The first-order valence-corrected chi connectivity index (χ1v) is 10.5. The van der Waals surface area contributed by atoms with E-state index in [4.69, 9.17) is 42.1 Å². The number of carbonyl (C=O) groups is 2. The summed E-state index contributed by atoms with van der Waals surface area (Å²) >= 11 is 11.9. The van der Waals surface area contributed by atoms with E-state index in [0.29, 0.717) is 16.5 Å². The highest BCUT2D eigenvalue weighted by Crippen LogP contribution is 2.28. The first-order chi connectivity index (χ1) is 15.4. The van der Waals surface area contributed by atoms with Crippen LogP contribution in [0.2, 0.25) is 10.0 Å². The van der Waals surface area contributed by atoms with Gasteiger partial charge in [0.1, 0.15) is 30.5 Å². The van der Waals surface area contributed by atoms with E-state index in [9.17, 15) is 9.59 Å².